The van der Waals surface area contributed by atoms with Gasteiger partial charge in [0.05, 0.1) is 13.2 Å². The average molecular weight is 554 g/mol. The van der Waals surface area contributed by atoms with Crippen molar-refractivity contribution in [1.29, 1.82) is 0 Å². The van der Waals surface area contributed by atoms with Crippen LogP contribution in [-0.4, -0.2) is 75.7 Å². The number of carbonyl (C=O) groups excluding carboxylic acids is 1. The summed E-state index contributed by atoms with van der Waals surface area (Å²) >= 11 is 0. The van der Waals surface area contributed by atoms with Crippen molar-refractivity contribution in [2.45, 2.75) is 37.6 Å². The highest BCUT2D eigenvalue weighted by atomic mass is 127. The van der Waals surface area contributed by atoms with E-state index in [-0.39, 0.29) is 54.1 Å². The van der Waals surface area contributed by atoms with Gasteiger partial charge in [-0.25, -0.2) is 17.9 Å². The molecule has 1 aliphatic rings. The second-order valence-corrected chi connectivity index (χ2v) is 8.22. The Morgan fingerprint density at radius 1 is 1.33 bits per heavy atom. The van der Waals surface area contributed by atoms with E-state index in [9.17, 15) is 13.2 Å². The number of aliphatic imine (C=N–C) groups is 1. The van der Waals surface area contributed by atoms with E-state index in [1.54, 1.807) is 17.9 Å². The third-order valence-electron chi connectivity index (χ3n) is 4.32. The van der Waals surface area contributed by atoms with E-state index in [2.05, 4.69) is 25.3 Å². The molecule has 0 aliphatic carbocycles. The van der Waals surface area contributed by atoms with Crippen molar-refractivity contribution in [3.8, 4) is 0 Å². The SMILES string of the molecule is CCNC(=NCCNS(=O)(=O)c1cccnc1)NC1CCN(C(=O)OCC)CC1.I. The number of rotatable bonds is 8. The van der Waals surface area contributed by atoms with Gasteiger partial charge in [0.15, 0.2) is 5.96 Å². The number of aromatic nitrogens is 1. The van der Waals surface area contributed by atoms with E-state index in [1.165, 1.54) is 18.5 Å². The number of ether oxygens (including phenoxy) is 1. The number of nitrogens with zero attached hydrogens (tertiary/aromatic N) is 3. The molecule has 1 saturated heterocycles. The molecule has 0 radical (unpaired) electrons. The van der Waals surface area contributed by atoms with Gasteiger partial charge in [-0.2, -0.15) is 0 Å². The van der Waals surface area contributed by atoms with Crippen molar-refractivity contribution in [3.63, 3.8) is 0 Å². The van der Waals surface area contributed by atoms with E-state index in [1.807, 2.05) is 6.92 Å². The fraction of sp³-hybridized carbons (Fsp3) is 0.611. The highest BCUT2D eigenvalue weighted by molar-refractivity contribution is 14.0. The molecule has 0 spiro atoms. The number of hydrogen-bond acceptors (Lipinski definition) is 6. The Kier molecular flexibility index (Phi) is 11.9. The number of guanidine groups is 1. The Hall–Kier alpha value is -1.67. The zero-order chi connectivity index (χ0) is 21.1. The molecule has 0 saturated carbocycles. The number of hydrogen-bond donors (Lipinski definition) is 3. The van der Waals surface area contributed by atoms with E-state index < -0.39 is 10.0 Å². The van der Waals surface area contributed by atoms with Crippen molar-refractivity contribution in [2.24, 2.45) is 4.99 Å². The van der Waals surface area contributed by atoms with Crippen molar-refractivity contribution >= 4 is 46.1 Å². The Labute approximate surface area is 195 Å². The summed E-state index contributed by atoms with van der Waals surface area (Å²) in [6, 6.07) is 3.26. The van der Waals surface area contributed by atoms with Crippen LogP contribution in [0, 0.1) is 0 Å². The van der Waals surface area contributed by atoms with Crippen LogP contribution in [0.5, 0.6) is 0 Å². The minimum atomic E-state index is -3.59. The van der Waals surface area contributed by atoms with Gasteiger partial charge in [-0.05, 0) is 38.8 Å². The standard InChI is InChI=1S/C18H30N6O4S.HI/c1-3-20-17(23-15-7-12-24(13-8-15)18(25)28-4-2)21-10-11-22-29(26,27)16-6-5-9-19-14-16;/h5-6,9,14-15,22H,3-4,7-8,10-13H2,1-2H3,(H2,20,21,23);1H. The maximum atomic E-state index is 12.2. The third-order valence-corrected chi connectivity index (χ3v) is 5.77. The maximum absolute atomic E-state index is 12.2. The first kappa shape index (κ1) is 26.4. The second-order valence-electron chi connectivity index (χ2n) is 6.45. The fourth-order valence-electron chi connectivity index (χ4n) is 2.87. The summed E-state index contributed by atoms with van der Waals surface area (Å²) in [4.78, 5) is 21.9. The summed E-state index contributed by atoms with van der Waals surface area (Å²) in [5, 5.41) is 6.51. The molecule has 3 N–H and O–H groups in total. The summed E-state index contributed by atoms with van der Waals surface area (Å²) in [7, 11) is -3.59. The minimum absolute atomic E-state index is 0. The van der Waals surface area contributed by atoms with Crippen LogP contribution >= 0.6 is 24.0 Å². The van der Waals surface area contributed by atoms with Gasteiger partial charge in [-0.15, -0.1) is 24.0 Å². The molecular weight excluding hydrogens is 523 g/mol. The predicted octanol–water partition coefficient (Wildman–Crippen LogP) is 1.15. The largest absolute Gasteiger partial charge is 0.450 e. The zero-order valence-corrected chi connectivity index (χ0v) is 20.5. The molecule has 0 unspecified atom stereocenters. The first-order valence-electron chi connectivity index (χ1n) is 9.82. The number of piperidine rings is 1. The number of likely N-dealkylation sites (tertiary alicyclic amines) is 1. The van der Waals surface area contributed by atoms with Crippen LogP contribution in [0.25, 0.3) is 0 Å². The van der Waals surface area contributed by atoms with Crippen LogP contribution in [0.4, 0.5) is 4.79 Å². The number of carbonyl (C=O) groups is 1. The van der Waals surface area contributed by atoms with Gasteiger partial charge in [0.1, 0.15) is 4.90 Å². The van der Waals surface area contributed by atoms with Crippen LogP contribution in [0.3, 0.4) is 0 Å². The summed E-state index contributed by atoms with van der Waals surface area (Å²) in [6.45, 7) is 6.54. The zero-order valence-electron chi connectivity index (χ0n) is 17.3. The lowest BCUT2D eigenvalue weighted by Crippen LogP contribution is -2.50. The van der Waals surface area contributed by atoms with Crippen LogP contribution in [-0.2, 0) is 14.8 Å². The van der Waals surface area contributed by atoms with E-state index in [0.717, 1.165) is 12.8 Å². The van der Waals surface area contributed by atoms with Gasteiger partial charge >= 0.3 is 6.09 Å². The van der Waals surface area contributed by atoms with Crippen LogP contribution in [0.1, 0.15) is 26.7 Å². The topological polar surface area (TPSA) is 125 Å². The molecule has 1 amide bonds. The molecule has 30 heavy (non-hydrogen) atoms. The fourth-order valence-corrected chi connectivity index (χ4v) is 3.86. The lowest BCUT2D eigenvalue weighted by molar-refractivity contribution is 0.0963. The number of sulfonamides is 1. The smallest absolute Gasteiger partial charge is 0.409 e. The van der Waals surface area contributed by atoms with Crippen LogP contribution < -0.4 is 15.4 Å². The van der Waals surface area contributed by atoms with Crippen LogP contribution in [0.15, 0.2) is 34.4 Å². The molecule has 1 aliphatic heterocycles. The van der Waals surface area contributed by atoms with Gasteiger partial charge in [0.25, 0.3) is 0 Å². The number of pyridine rings is 1. The van der Waals surface area contributed by atoms with Crippen molar-refractivity contribution < 1.29 is 17.9 Å². The molecule has 1 aromatic rings. The van der Waals surface area contributed by atoms with Gasteiger partial charge in [0.2, 0.25) is 10.0 Å². The lowest BCUT2D eigenvalue weighted by atomic mass is 10.1. The summed E-state index contributed by atoms with van der Waals surface area (Å²) in [6.07, 6.45) is 4.13. The molecule has 10 nitrogen and oxygen atoms in total. The van der Waals surface area contributed by atoms with Gasteiger partial charge < -0.3 is 20.3 Å². The summed E-state index contributed by atoms with van der Waals surface area (Å²) in [5.74, 6) is 0.627. The van der Waals surface area contributed by atoms with E-state index in [0.29, 0.717) is 32.2 Å². The van der Waals surface area contributed by atoms with Crippen molar-refractivity contribution in [1.82, 2.24) is 25.2 Å². The molecule has 0 atom stereocenters. The molecule has 2 heterocycles. The van der Waals surface area contributed by atoms with Crippen LogP contribution in [0.2, 0.25) is 0 Å². The Morgan fingerprint density at radius 3 is 2.67 bits per heavy atom. The average Bonchev–Trinajstić information content (AvgIpc) is 2.72. The predicted molar refractivity (Wildman–Crippen MR) is 126 cm³/mol. The highest BCUT2D eigenvalue weighted by Crippen LogP contribution is 2.11. The van der Waals surface area contributed by atoms with Gasteiger partial charge in [-0.3, -0.25) is 9.98 Å². The van der Waals surface area contributed by atoms with Gasteiger partial charge in [-0.1, -0.05) is 0 Å². The molecular formula is C18H31IN6O4S. The third kappa shape index (κ3) is 8.60. The number of halogens is 1. The minimum Gasteiger partial charge on any atom is -0.450 e. The normalized spacial score (nSPS) is 15.3. The Balaban J connectivity index is 0.00000450. The summed E-state index contributed by atoms with van der Waals surface area (Å²) < 4.78 is 31.9. The molecule has 1 fully saturated rings. The van der Waals surface area contributed by atoms with E-state index in [4.69, 9.17) is 4.74 Å². The van der Waals surface area contributed by atoms with Crippen molar-refractivity contribution in [2.75, 3.05) is 39.3 Å². The summed E-state index contributed by atoms with van der Waals surface area (Å²) in [5.41, 5.74) is 0. The molecule has 2 rings (SSSR count). The van der Waals surface area contributed by atoms with Gasteiger partial charge in [0, 0.05) is 44.6 Å². The second kappa shape index (κ2) is 13.6. The molecule has 12 heteroatoms. The Bertz CT molecular complexity index is 770. The first-order chi connectivity index (χ1) is 14.0. The molecule has 170 valence electrons. The maximum Gasteiger partial charge on any atom is 0.409 e. The highest BCUT2D eigenvalue weighted by Gasteiger charge is 2.24. The van der Waals surface area contributed by atoms with Crippen molar-refractivity contribution in [3.05, 3.63) is 24.5 Å². The number of amides is 1. The molecule has 1 aromatic heterocycles. The quantitative estimate of drug-likeness (QED) is 0.191. The number of nitrogens with one attached hydrogen (secondary N) is 3. The monoisotopic (exact) mass is 554 g/mol. The molecule has 0 aromatic carbocycles. The Morgan fingerprint density at radius 2 is 2.07 bits per heavy atom. The molecule has 0 bridgehead atoms. The van der Waals surface area contributed by atoms with E-state index >= 15 is 0 Å². The first-order valence-corrected chi connectivity index (χ1v) is 11.3. The lowest BCUT2D eigenvalue weighted by Gasteiger charge is -2.32.